The van der Waals surface area contributed by atoms with Gasteiger partial charge in [0.15, 0.2) is 0 Å². The van der Waals surface area contributed by atoms with Gasteiger partial charge < -0.3 is 11.1 Å². The Bertz CT molecular complexity index is 426. The Morgan fingerprint density at radius 2 is 2.00 bits per heavy atom. The quantitative estimate of drug-likeness (QED) is 0.657. The monoisotopic (exact) mass is 285 g/mol. The molecule has 0 atom stereocenters. The molecule has 1 aromatic carbocycles. The molecule has 0 saturated heterocycles. The molecule has 1 rings (SSSR count). The summed E-state index contributed by atoms with van der Waals surface area (Å²) in [5.74, 6) is 0. The minimum atomic E-state index is -4.60. The fraction of sp³-hybridized carbons (Fsp3) is 0.333. The molecule has 0 aliphatic carbocycles. The van der Waals surface area contributed by atoms with Gasteiger partial charge in [0.1, 0.15) is 5.69 Å². The van der Waals surface area contributed by atoms with Crippen molar-refractivity contribution in [3.8, 4) is 0 Å². The number of anilines is 1. The number of benzene rings is 1. The topological polar surface area (TPSA) is 81.2 Å². The summed E-state index contributed by atoms with van der Waals surface area (Å²) in [5.41, 5.74) is 3.54. The van der Waals surface area contributed by atoms with Crippen LogP contribution in [0, 0.1) is 10.1 Å². The molecule has 3 N–H and O–H groups in total. The standard InChI is InChI=1S/C9H10F3N3O2.ClH/c10-9(11,12)6-1-2-7(14-4-3-13)8(5-6)15(16)17;/h1-2,5,14H,3-4,13H2;1H. The normalized spacial score (nSPS) is 10.7. The Balaban J connectivity index is 0.00000289. The zero-order valence-corrected chi connectivity index (χ0v) is 9.85. The Morgan fingerprint density at radius 3 is 2.44 bits per heavy atom. The molecule has 0 heterocycles. The van der Waals surface area contributed by atoms with Crippen LogP contribution in [0.5, 0.6) is 0 Å². The van der Waals surface area contributed by atoms with E-state index in [0.717, 1.165) is 12.1 Å². The number of hydrogen-bond acceptors (Lipinski definition) is 4. The lowest BCUT2D eigenvalue weighted by Gasteiger charge is -2.09. The van der Waals surface area contributed by atoms with Gasteiger partial charge in [0, 0.05) is 19.2 Å². The average molecular weight is 286 g/mol. The summed E-state index contributed by atoms with van der Waals surface area (Å²) in [4.78, 5) is 9.76. The van der Waals surface area contributed by atoms with Crippen molar-refractivity contribution in [2.75, 3.05) is 18.4 Å². The summed E-state index contributed by atoms with van der Waals surface area (Å²) in [5, 5.41) is 13.2. The van der Waals surface area contributed by atoms with Crippen LogP contribution in [0.15, 0.2) is 18.2 Å². The number of nitrogens with zero attached hydrogens (tertiary/aromatic N) is 1. The van der Waals surface area contributed by atoms with Crippen molar-refractivity contribution in [3.63, 3.8) is 0 Å². The second-order valence-corrected chi connectivity index (χ2v) is 3.20. The summed E-state index contributed by atoms with van der Waals surface area (Å²) < 4.78 is 37.1. The molecule has 0 spiro atoms. The first-order valence-electron chi connectivity index (χ1n) is 4.66. The highest BCUT2D eigenvalue weighted by molar-refractivity contribution is 5.85. The van der Waals surface area contributed by atoms with Gasteiger partial charge in [-0.3, -0.25) is 10.1 Å². The van der Waals surface area contributed by atoms with E-state index in [2.05, 4.69) is 5.32 Å². The number of hydrogen-bond donors (Lipinski definition) is 2. The Kier molecular flexibility index (Phi) is 5.86. The van der Waals surface area contributed by atoms with Gasteiger partial charge >= 0.3 is 6.18 Å². The van der Waals surface area contributed by atoms with E-state index in [1.807, 2.05) is 0 Å². The molecule has 0 amide bonds. The molecule has 0 aromatic heterocycles. The van der Waals surface area contributed by atoms with Crippen LogP contribution in [0.2, 0.25) is 0 Å². The van der Waals surface area contributed by atoms with Crippen molar-refractivity contribution in [3.05, 3.63) is 33.9 Å². The lowest BCUT2D eigenvalue weighted by Crippen LogP contribution is -2.14. The van der Waals surface area contributed by atoms with Crippen LogP contribution in [0.3, 0.4) is 0 Å². The first kappa shape index (κ1) is 16.5. The van der Waals surface area contributed by atoms with Gasteiger partial charge in [0.2, 0.25) is 0 Å². The molecule has 0 unspecified atom stereocenters. The third-order valence-electron chi connectivity index (χ3n) is 1.98. The van der Waals surface area contributed by atoms with Crippen molar-refractivity contribution in [1.29, 1.82) is 0 Å². The average Bonchev–Trinajstić information content (AvgIpc) is 2.24. The van der Waals surface area contributed by atoms with E-state index in [1.54, 1.807) is 0 Å². The highest BCUT2D eigenvalue weighted by Gasteiger charge is 2.32. The molecule has 0 fully saturated rings. The predicted octanol–water partition coefficient (Wildman–Crippen LogP) is 2.41. The van der Waals surface area contributed by atoms with Crippen LogP contribution >= 0.6 is 12.4 Å². The van der Waals surface area contributed by atoms with Gasteiger partial charge in [0.05, 0.1) is 10.5 Å². The molecule has 1 aromatic rings. The van der Waals surface area contributed by atoms with Crippen molar-refractivity contribution < 1.29 is 18.1 Å². The second-order valence-electron chi connectivity index (χ2n) is 3.20. The van der Waals surface area contributed by atoms with Crippen molar-refractivity contribution in [1.82, 2.24) is 0 Å². The van der Waals surface area contributed by atoms with Gasteiger partial charge in [-0.05, 0) is 12.1 Å². The first-order valence-corrected chi connectivity index (χ1v) is 4.66. The zero-order chi connectivity index (χ0) is 13.1. The maximum Gasteiger partial charge on any atom is 0.416 e. The highest BCUT2D eigenvalue weighted by Crippen LogP contribution is 2.34. The van der Waals surface area contributed by atoms with Crippen LogP contribution in [0.25, 0.3) is 0 Å². The van der Waals surface area contributed by atoms with Crippen LogP contribution in [0.4, 0.5) is 24.5 Å². The molecule has 9 heteroatoms. The van der Waals surface area contributed by atoms with E-state index < -0.39 is 22.4 Å². The number of nitro groups is 1. The van der Waals surface area contributed by atoms with Crippen LogP contribution in [0.1, 0.15) is 5.56 Å². The van der Waals surface area contributed by atoms with E-state index in [1.165, 1.54) is 0 Å². The number of halogens is 4. The van der Waals surface area contributed by atoms with Crippen LogP contribution in [-0.2, 0) is 6.18 Å². The molecule has 0 radical (unpaired) electrons. The minimum Gasteiger partial charge on any atom is -0.378 e. The summed E-state index contributed by atoms with van der Waals surface area (Å²) in [6.07, 6.45) is -4.60. The zero-order valence-electron chi connectivity index (χ0n) is 9.03. The number of nitrogens with one attached hydrogen (secondary N) is 1. The summed E-state index contributed by atoms with van der Waals surface area (Å²) in [6, 6.07) is 2.31. The summed E-state index contributed by atoms with van der Waals surface area (Å²) >= 11 is 0. The van der Waals surface area contributed by atoms with E-state index in [4.69, 9.17) is 5.73 Å². The number of nitro benzene ring substituents is 1. The molecule has 102 valence electrons. The van der Waals surface area contributed by atoms with Gasteiger partial charge in [-0.1, -0.05) is 0 Å². The maximum atomic E-state index is 12.4. The molecular weight excluding hydrogens is 275 g/mol. The summed E-state index contributed by atoms with van der Waals surface area (Å²) in [6.45, 7) is 0.463. The van der Waals surface area contributed by atoms with Crippen LogP contribution < -0.4 is 11.1 Å². The highest BCUT2D eigenvalue weighted by atomic mass is 35.5. The van der Waals surface area contributed by atoms with Gasteiger partial charge in [-0.2, -0.15) is 13.2 Å². The molecule has 0 saturated carbocycles. The van der Waals surface area contributed by atoms with E-state index in [9.17, 15) is 23.3 Å². The SMILES string of the molecule is Cl.NCCNc1ccc(C(F)(F)F)cc1[N+](=O)[O-]. The fourth-order valence-electron chi connectivity index (χ4n) is 1.22. The number of alkyl halides is 3. The number of nitrogens with two attached hydrogens (primary N) is 1. The molecular formula is C9H11ClF3N3O2. The van der Waals surface area contributed by atoms with Crippen LogP contribution in [-0.4, -0.2) is 18.0 Å². The third kappa shape index (κ3) is 4.04. The van der Waals surface area contributed by atoms with E-state index in [0.29, 0.717) is 6.07 Å². The first-order chi connectivity index (χ1) is 7.86. The Morgan fingerprint density at radius 1 is 1.39 bits per heavy atom. The Hall–Kier alpha value is -1.54. The molecule has 0 aliphatic heterocycles. The molecule has 0 bridgehead atoms. The van der Waals surface area contributed by atoms with Crippen molar-refractivity contribution in [2.24, 2.45) is 5.73 Å². The Labute approximate surface area is 107 Å². The molecule has 5 nitrogen and oxygen atoms in total. The molecule has 18 heavy (non-hydrogen) atoms. The second kappa shape index (κ2) is 6.41. The third-order valence-corrected chi connectivity index (χ3v) is 1.98. The maximum absolute atomic E-state index is 12.4. The fourth-order valence-corrected chi connectivity index (χ4v) is 1.22. The smallest absolute Gasteiger partial charge is 0.378 e. The van der Waals surface area contributed by atoms with Crippen molar-refractivity contribution >= 4 is 23.8 Å². The van der Waals surface area contributed by atoms with Gasteiger partial charge in [-0.25, -0.2) is 0 Å². The predicted molar refractivity (Wildman–Crippen MR) is 62.9 cm³/mol. The minimum absolute atomic E-state index is 0. The largest absolute Gasteiger partial charge is 0.416 e. The lowest BCUT2D eigenvalue weighted by atomic mass is 10.1. The van der Waals surface area contributed by atoms with E-state index in [-0.39, 0.29) is 31.2 Å². The molecule has 0 aliphatic rings. The van der Waals surface area contributed by atoms with Crippen molar-refractivity contribution in [2.45, 2.75) is 6.18 Å². The van der Waals surface area contributed by atoms with E-state index >= 15 is 0 Å². The van der Waals surface area contributed by atoms with Gasteiger partial charge in [0.25, 0.3) is 5.69 Å². The lowest BCUT2D eigenvalue weighted by molar-refractivity contribution is -0.384. The summed E-state index contributed by atoms with van der Waals surface area (Å²) in [7, 11) is 0. The number of rotatable bonds is 4. The van der Waals surface area contributed by atoms with Gasteiger partial charge in [-0.15, -0.1) is 12.4 Å².